The number of aliphatic hydroxyl groups is 1. The predicted octanol–water partition coefficient (Wildman–Crippen LogP) is 1.01. The minimum atomic E-state index is -0.345. The largest absolute Gasteiger partial charge is 0.497 e. The molecule has 0 heterocycles. The van der Waals surface area contributed by atoms with E-state index in [1.807, 2.05) is 12.1 Å². The molecule has 0 unspecified atom stereocenters. The topological polar surface area (TPSA) is 76.1 Å². The Morgan fingerprint density at radius 2 is 1.86 bits per heavy atom. The summed E-state index contributed by atoms with van der Waals surface area (Å²) in [6.45, 7) is 2.36. The van der Waals surface area contributed by atoms with E-state index in [1.54, 1.807) is 26.2 Å². The Bertz CT molecular complexity index is 472. The maximum absolute atomic E-state index is 12.3. The van der Waals surface area contributed by atoms with Gasteiger partial charge in [-0.05, 0) is 24.6 Å². The highest BCUT2D eigenvalue weighted by Crippen LogP contribution is 2.12. The highest BCUT2D eigenvalue weighted by atomic mass is 16.5. The van der Waals surface area contributed by atoms with E-state index in [-0.39, 0.29) is 44.4 Å². The highest BCUT2D eigenvalue weighted by molar-refractivity contribution is 5.79. The normalized spacial score (nSPS) is 10.1. The van der Waals surface area contributed by atoms with Crippen molar-refractivity contribution in [2.24, 2.45) is 0 Å². The van der Waals surface area contributed by atoms with E-state index in [0.29, 0.717) is 6.61 Å². The fourth-order valence-electron chi connectivity index (χ4n) is 1.97. The van der Waals surface area contributed by atoms with Crippen LogP contribution in [0.3, 0.4) is 0 Å². The Morgan fingerprint density at radius 3 is 2.41 bits per heavy atom. The highest BCUT2D eigenvalue weighted by Gasteiger charge is 2.15. The summed E-state index contributed by atoms with van der Waals surface area (Å²) in [4.78, 5) is 25.1. The zero-order valence-corrected chi connectivity index (χ0v) is 13.1. The second-order valence-corrected chi connectivity index (χ2v) is 4.68. The van der Waals surface area contributed by atoms with Gasteiger partial charge in [-0.1, -0.05) is 12.1 Å². The van der Waals surface area contributed by atoms with Crippen LogP contribution in [0.15, 0.2) is 24.3 Å². The first kappa shape index (κ1) is 18.0. The van der Waals surface area contributed by atoms with Crippen molar-refractivity contribution in [1.82, 2.24) is 4.90 Å². The molecule has 0 atom stereocenters. The third kappa shape index (κ3) is 6.13. The molecule has 0 saturated heterocycles. The number of amides is 1. The van der Waals surface area contributed by atoms with Gasteiger partial charge in [-0.15, -0.1) is 0 Å². The molecular weight excluding hydrogens is 286 g/mol. The first-order valence-corrected chi connectivity index (χ1v) is 7.27. The van der Waals surface area contributed by atoms with Crippen LogP contribution in [-0.2, 0) is 20.7 Å². The molecule has 0 bridgehead atoms. The van der Waals surface area contributed by atoms with Crippen LogP contribution in [0.2, 0.25) is 0 Å². The van der Waals surface area contributed by atoms with E-state index in [1.165, 1.54) is 4.90 Å². The summed E-state index contributed by atoms with van der Waals surface area (Å²) < 4.78 is 9.91. The van der Waals surface area contributed by atoms with Gasteiger partial charge in [0.15, 0.2) is 0 Å². The van der Waals surface area contributed by atoms with Crippen molar-refractivity contribution in [2.75, 3.05) is 33.4 Å². The summed E-state index contributed by atoms with van der Waals surface area (Å²) in [6, 6.07) is 7.22. The van der Waals surface area contributed by atoms with Gasteiger partial charge < -0.3 is 19.5 Å². The van der Waals surface area contributed by atoms with Crippen molar-refractivity contribution < 1.29 is 24.2 Å². The van der Waals surface area contributed by atoms with Gasteiger partial charge in [0, 0.05) is 13.1 Å². The smallest absolute Gasteiger partial charge is 0.307 e. The first-order valence-electron chi connectivity index (χ1n) is 7.27. The van der Waals surface area contributed by atoms with Gasteiger partial charge in [-0.25, -0.2) is 0 Å². The Labute approximate surface area is 130 Å². The first-order chi connectivity index (χ1) is 10.6. The van der Waals surface area contributed by atoms with E-state index in [9.17, 15) is 9.59 Å². The average Bonchev–Trinajstić information content (AvgIpc) is 2.52. The third-order valence-electron chi connectivity index (χ3n) is 3.13. The molecule has 0 aliphatic carbocycles. The molecule has 0 radical (unpaired) electrons. The predicted molar refractivity (Wildman–Crippen MR) is 81.6 cm³/mol. The number of esters is 1. The third-order valence-corrected chi connectivity index (χ3v) is 3.13. The number of rotatable bonds is 9. The fourth-order valence-corrected chi connectivity index (χ4v) is 1.97. The second kappa shape index (κ2) is 9.78. The fraction of sp³-hybridized carbons (Fsp3) is 0.500. The number of hydrogen-bond acceptors (Lipinski definition) is 5. The molecule has 0 aromatic heterocycles. The van der Waals surface area contributed by atoms with Crippen LogP contribution < -0.4 is 4.74 Å². The van der Waals surface area contributed by atoms with E-state index in [2.05, 4.69) is 0 Å². The zero-order chi connectivity index (χ0) is 16.4. The van der Waals surface area contributed by atoms with E-state index >= 15 is 0 Å². The SMILES string of the molecule is CCOC(=O)CCN(CCO)C(=O)Cc1ccc(OC)cc1. The van der Waals surface area contributed by atoms with Crippen LogP contribution in [0.25, 0.3) is 0 Å². The Kier molecular flexibility index (Phi) is 7.99. The molecule has 1 N–H and O–H groups in total. The second-order valence-electron chi connectivity index (χ2n) is 4.68. The van der Waals surface area contributed by atoms with Crippen LogP contribution in [0.5, 0.6) is 5.75 Å². The average molecular weight is 309 g/mol. The van der Waals surface area contributed by atoms with Crippen LogP contribution in [-0.4, -0.2) is 55.3 Å². The standard InChI is InChI=1S/C16H23NO5/c1-3-22-16(20)8-9-17(10-11-18)15(19)12-13-4-6-14(21-2)7-5-13/h4-7,18H,3,8-12H2,1-2H3. The Balaban J connectivity index is 2.57. The maximum atomic E-state index is 12.3. The van der Waals surface area contributed by atoms with Gasteiger partial charge in [0.1, 0.15) is 5.75 Å². The summed E-state index contributed by atoms with van der Waals surface area (Å²) >= 11 is 0. The molecule has 0 aliphatic heterocycles. The molecule has 22 heavy (non-hydrogen) atoms. The molecule has 1 rings (SSSR count). The lowest BCUT2D eigenvalue weighted by Gasteiger charge is -2.21. The number of methoxy groups -OCH3 is 1. The molecule has 6 heteroatoms. The number of benzene rings is 1. The number of carbonyl (C=O) groups excluding carboxylic acids is 2. The van der Waals surface area contributed by atoms with Crippen molar-refractivity contribution in [2.45, 2.75) is 19.8 Å². The number of nitrogens with zero attached hydrogens (tertiary/aromatic N) is 1. The Morgan fingerprint density at radius 1 is 1.18 bits per heavy atom. The lowest BCUT2D eigenvalue weighted by Crippen LogP contribution is -2.36. The van der Waals surface area contributed by atoms with Gasteiger partial charge >= 0.3 is 5.97 Å². The summed E-state index contributed by atoms with van der Waals surface area (Å²) in [6.07, 6.45) is 0.342. The molecule has 0 fully saturated rings. The minimum Gasteiger partial charge on any atom is -0.497 e. The van der Waals surface area contributed by atoms with Crippen LogP contribution in [0.1, 0.15) is 18.9 Å². The van der Waals surface area contributed by atoms with Crippen molar-refractivity contribution in [1.29, 1.82) is 0 Å². The molecule has 6 nitrogen and oxygen atoms in total. The van der Waals surface area contributed by atoms with Crippen LogP contribution in [0.4, 0.5) is 0 Å². The lowest BCUT2D eigenvalue weighted by atomic mass is 10.1. The summed E-state index contributed by atoms with van der Waals surface area (Å²) in [5.41, 5.74) is 0.852. The van der Waals surface area contributed by atoms with E-state index in [4.69, 9.17) is 14.6 Å². The summed E-state index contributed by atoms with van der Waals surface area (Å²) in [7, 11) is 1.58. The van der Waals surface area contributed by atoms with E-state index in [0.717, 1.165) is 11.3 Å². The molecule has 122 valence electrons. The Hall–Kier alpha value is -2.08. The number of aliphatic hydroxyl groups excluding tert-OH is 1. The van der Waals surface area contributed by atoms with Gasteiger partial charge in [-0.3, -0.25) is 9.59 Å². The van der Waals surface area contributed by atoms with Crippen molar-refractivity contribution in [3.05, 3.63) is 29.8 Å². The molecule has 0 aliphatic rings. The van der Waals surface area contributed by atoms with Gasteiger partial charge in [0.05, 0.1) is 33.2 Å². The van der Waals surface area contributed by atoms with E-state index < -0.39 is 0 Å². The molecule has 0 saturated carbocycles. The van der Waals surface area contributed by atoms with Crippen molar-refractivity contribution in [3.8, 4) is 5.75 Å². The molecular formula is C16H23NO5. The van der Waals surface area contributed by atoms with Crippen molar-refractivity contribution >= 4 is 11.9 Å². The van der Waals surface area contributed by atoms with Gasteiger partial charge in [0.2, 0.25) is 5.91 Å². The van der Waals surface area contributed by atoms with Gasteiger partial charge in [-0.2, -0.15) is 0 Å². The monoisotopic (exact) mass is 309 g/mol. The quantitative estimate of drug-likeness (QED) is 0.689. The van der Waals surface area contributed by atoms with Crippen LogP contribution >= 0.6 is 0 Å². The molecule has 1 aromatic carbocycles. The lowest BCUT2D eigenvalue weighted by molar-refractivity contribution is -0.144. The molecule has 1 amide bonds. The number of carbonyl (C=O) groups is 2. The molecule has 0 spiro atoms. The zero-order valence-electron chi connectivity index (χ0n) is 13.1. The summed E-state index contributed by atoms with van der Waals surface area (Å²) in [5, 5.41) is 9.06. The number of ether oxygens (including phenoxy) is 2. The van der Waals surface area contributed by atoms with Crippen molar-refractivity contribution in [3.63, 3.8) is 0 Å². The minimum absolute atomic E-state index is 0.127. The molecule has 1 aromatic rings. The summed E-state index contributed by atoms with van der Waals surface area (Å²) in [5.74, 6) is 0.247. The van der Waals surface area contributed by atoms with Crippen LogP contribution in [0, 0.1) is 0 Å². The number of hydrogen-bond donors (Lipinski definition) is 1. The maximum Gasteiger partial charge on any atom is 0.307 e. The van der Waals surface area contributed by atoms with Gasteiger partial charge in [0.25, 0.3) is 0 Å².